The lowest BCUT2D eigenvalue weighted by molar-refractivity contribution is 0.619. The largest absolute Gasteiger partial charge is 0.381 e. The highest BCUT2D eigenvalue weighted by Crippen LogP contribution is 2.20. The topological polar surface area (TPSA) is 106 Å². The molecule has 3 N–H and O–H groups in total. The summed E-state index contributed by atoms with van der Waals surface area (Å²) in [6, 6.07) is 8.30. The number of hydrogen-bond donors (Lipinski definition) is 2. The molecule has 1 heterocycles. The molecule has 0 aliphatic carbocycles. The molecule has 0 aliphatic heterocycles. The van der Waals surface area contributed by atoms with Gasteiger partial charge in [-0.05, 0) is 31.0 Å². The Morgan fingerprint density at radius 3 is 2.77 bits per heavy atom. The number of nitrogens with one attached hydrogen (secondary N) is 1. The van der Waals surface area contributed by atoms with E-state index in [-0.39, 0.29) is 5.82 Å². The van der Waals surface area contributed by atoms with Crippen molar-refractivity contribution in [2.45, 2.75) is 12.8 Å². The van der Waals surface area contributed by atoms with Gasteiger partial charge >= 0.3 is 0 Å². The first-order valence-electron chi connectivity index (χ1n) is 6.70. The van der Waals surface area contributed by atoms with Crippen LogP contribution in [0.3, 0.4) is 0 Å². The zero-order chi connectivity index (χ0) is 16.1. The normalized spacial score (nSPS) is 10.0. The molecule has 0 unspecified atom stereocenters. The minimum Gasteiger partial charge on any atom is -0.381 e. The van der Waals surface area contributed by atoms with Crippen LogP contribution in [0.25, 0.3) is 0 Å². The minimum atomic E-state index is -0.426. The molecular formula is C15H15FN6. The molecule has 6 nitrogen and oxygen atoms in total. The Bertz CT molecular complexity index is 752. The van der Waals surface area contributed by atoms with Crippen LogP contribution in [-0.4, -0.2) is 23.8 Å². The summed E-state index contributed by atoms with van der Waals surface area (Å²) in [6.07, 6.45) is 1.29. The molecule has 1 aromatic carbocycles. The standard InChI is InChI=1S/C15H15FN6/c1-22(14-5-4-10(8-17)7-12(14)16)6-2-3-13-11(9-18)15(19)21-20-13/h4-5,7H,2-3,6H2,1H3,(H3,19,20,21). The van der Waals surface area contributed by atoms with Crippen LogP contribution in [0.4, 0.5) is 15.9 Å². The first-order chi connectivity index (χ1) is 10.6. The molecule has 0 radical (unpaired) electrons. The van der Waals surface area contributed by atoms with Crippen LogP contribution in [-0.2, 0) is 6.42 Å². The number of aromatic amines is 1. The van der Waals surface area contributed by atoms with E-state index in [0.29, 0.717) is 41.9 Å². The molecule has 0 aliphatic rings. The predicted molar refractivity (Wildman–Crippen MR) is 80.4 cm³/mol. The fourth-order valence-corrected chi connectivity index (χ4v) is 2.20. The van der Waals surface area contributed by atoms with Gasteiger partial charge in [-0.2, -0.15) is 15.6 Å². The fraction of sp³-hybridized carbons (Fsp3) is 0.267. The van der Waals surface area contributed by atoms with Crippen molar-refractivity contribution in [3.63, 3.8) is 0 Å². The average molecular weight is 298 g/mol. The Labute approximate surface area is 127 Å². The Morgan fingerprint density at radius 2 is 2.14 bits per heavy atom. The molecule has 112 valence electrons. The second-order valence-corrected chi connectivity index (χ2v) is 4.88. The predicted octanol–water partition coefficient (Wildman–Crippen LogP) is 1.94. The number of H-pyrrole nitrogens is 1. The van der Waals surface area contributed by atoms with Gasteiger partial charge < -0.3 is 10.6 Å². The number of benzene rings is 1. The average Bonchev–Trinajstić information content (AvgIpc) is 2.87. The van der Waals surface area contributed by atoms with Crippen LogP contribution in [0.2, 0.25) is 0 Å². The fourth-order valence-electron chi connectivity index (χ4n) is 2.20. The molecular weight excluding hydrogens is 283 g/mol. The smallest absolute Gasteiger partial charge is 0.163 e. The summed E-state index contributed by atoms with van der Waals surface area (Å²) in [5, 5.41) is 24.3. The maximum absolute atomic E-state index is 13.9. The van der Waals surface area contributed by atoms with Crippen molar-refractivity contribution in [1.29, 1.82) is 10.5 Å². The van der Waals surface area contributed by atoms with E-state index >= 15 is 0 Å². The van der Waals surface area contributed by atoms with Crippen molar-refractivity contribution in [3.8, 4) is 12.1 Å². The number of hydrogen-bond acceptors (Lipinski definition) is 5. The van der Waals surface area contributed by atoms with E-state index in [4.69, 9.17) is 16.3 Å². The summed E-state index contributed by atoms with van der Waals surface area (Å²) in [7, 11) is 1.77. The first kappa shape index (κ1) is 15.3. The summed E-state index contributed by atoms with van der Waals surface area (Å²) in [5.74, 6) is -0.228. The van der Waals surface area contributed by atoms with Gasteiger partial charge in [0.25, 0.3) is 0 Å². The first-order valence-corrected chi connectivity index (χ1v) is 6.70. The molecule has 2 rings (SSSR count). The van der Waals surface area contributed by atoms with Crippen LogP contribution in [0.15, 0.2) is 18.2 Å². The maximum Gasteiger partial charge on any atom is 0.163 e. The third-order valence-corrected chi connectivity index (χ3v) is 3.39. The molecule has 1 aromatic heterocycles. The van der Waals surface area contributed by atoms with Gasteiger partial charge in [-0.25, -0.2) is 4.39 Å². The zero-order valence-corrected chi connectivity index (χ0v) is 12.1. The molecule has 0 spiro atoms. The van der Waals surface area contributed by atoms with Crippen LogP contribution in [0, 0.1) is 28.5 Å². The number of nitriles is 2. The van der Waals surface area contributed by atoms with E-state index in [1.54, 1.807) is 24.1 Å². The number of anilines is 2. The Kier molecular flexibility index (Phi) is 4.60. The highest BCUT2D eigenvalue weighted by atomic mass is 19.1. The van der Waals surface area contributed by atoms with Crippen molar-refractivity contribution in [3.05, 3.63) is 40.8 Å². The van der Waals surface area contributed by atoms with E-state index in [9.17, 15) is 4.39 Å². The molecule has 2 aromatic rings. The Balaban J connectivity index is 1.97. The number of nitrogens with two attached hydrogens (primary N) is 1. The van der Waals surface area contributed by atoms with Crippen molar-refractivity contribution in [2.24, 2.45) is 0 Å². The highest BCUT2D eigenvalue weighted by Gasteiger charge is 2.12. The Morgan fingerprint density at radius 1 is 1.36 bits per heavy atom. The third kappa shape index (κ3) is 3.15. The van der Waals surface area contributed by atoms with Gasteiger partial charge in [0.2, 0.25) is 0 Å². The van der Waals surface area contributed by atoms with Crippen molar-refractivity contribution < 1.29 is 4.39 Å². The lowest BCUT2D eigenvalue weighted by atomic mass is 10.1. The van der Waals surface area contributed by atoms with Gasteiger partial charge in [-0.3, -0.25) is 5.10 Å². The summed E-state index contributed by atoms with van der Waals surface area (Å²) < 4.78 is 13.9. The number of aromatic nitrogens is 2. The molecule has 0 bridgehead atoms. The van der Waals surface area contributed by atoms with Gasteiger partial charge in [0.05, 0.1) is 23.0 Å². The van der Waals surface area contributed by atoms with E-state index in [1.807, 2.05) is 12.1 Å². The van der Waals surface area contributed by atoms with E-state index in [1.165, 1.54) is 6.07 Å². The quantitative estimate of drug-likeness (QED) is 0.877. The number of halogens is 1. The lowest BCUT2D eigenvalue weighted by Crippen LogP contribution is -2.20. The molecule has 0 saturated carbocycles. The van der Waals surface area contributed by atoms with Crippen molar-refractivity contribution in [1.82, 2.24) is 10.2 Å². The van der Waals surface area contributed by atoms with E-state index < -0.39 is 5.82 Å². The lowest BCUT2D eigenvalue weighted by Gasteiger charge is -2.19. The van der Waals surface area contributed by atoms with Gasteiger partial charge in [-0.15, -0.1) is 0 Å². The molecule has 0 amide bonds. The van der Waals surface area contributed by atoms with Gasteiger partial charge in [-0.1, -0.05) is 0 Å². The molecule has 0 atom stereocenters. The van der Waals surface area contributed by atoms with Crippen LogP contribution in [0.1, 0.15) is 23.2 Å². The SMILES string of the molecule is CN(CCCc1[nH]nc(N)c1C#N)c1ccc(C#N)cc1F. The highest BCUT2D eigenvalue weighted by molar-refractivity contribution is 5.52. The van der Waals surface area contributed by atoms with Crippen molar-refractivity contribution >= 4 is 11.5 Å². The number of nitrogen functional groups attached to an aromatic ring is 1. The Hall–Kier alpha value is -3.06. The van der Waals surface area contributed by atoms with Crippen LogP contribution < -0.4 is 10.6 Å². The number of rotatable bonds is 5. The van der Waals surface area contributed by atoms with E-state index in [0.717, 1.165) is 0 Å². The van der Waals surface area contributed by atoms with Crippen LogP contribution in [0.5, 0.6) is 0 Å². The molecule has 0 saturated heterocycles. The minimum absolute atomic E-state index is 0.198. The van der Waals surface area contributed by atoms with Gasteiger partial charge in [0.15, 0.2) is 5.82 Å². The molecule has 22 heavy (non-hydrogen) atoms. The number of nitrogens with zero attached hydrogens (tertiary/aromatic N) is 4. The second kappa shape index (κ2) is 6.59. The third-order valence-electron chi connectivity index (χ3n) is 3.39. The molecule has 0 fully saturated rings. The summed E-state index contributed by atoms with van der Waals surface area (Å²) >= 11 is 0. The zero-order valence-electron chi connectivity index (χ0n) is 12.1. The second-order valence-electron chi connectivity index (χ2n) is 4.88. The van der Waals surface area contributed by atoms with Crippen LogP contribution >= 0.6 is 0 Å². The molecule has 7 heteroatoms. The van der Waals surface area contributed by atoms with Crippen molar-refractivity contribution in [2.75, 3.05) is 24.2 Å². The monoisotopic (exact) mass is 298 g/mol. The summed E-state index contributed by atoms with van der Waals surface area (Å²) in [5.41, 5.74) is 7.35. The number of aryl methyl sites for hydroxylation is 1. The summed E-state index contributed by atoms with van der Waals surface area (Å²) in [6.45, 7) is 0.590. The van der Waals surface area contributed by atoms with Gasteiger partial charge in [0.1, 0.15) is 17.4 Å². The van der Waals surface area contributed by atoms with Gasteiger partial charge in [0, 0.05) is 13.6 Å². The summed E-state index contributed by atoms with van der Waals surface area (Å²) in [4.78, 5) is 1.77. The van der Waals surface area contributed by atoms with E-state index in [2.05, 4.69) is 10.2 Å². The maximum atomic E-state index is 13.9.